The van der Waals surface area contributed by atoms with Gasteiger partial charge in [0.25, 0.3) is 0 Å². The van der Waals surface area contributed by atoms with Crippen LogP contribution in [0.25, 0.3) is 12.2 Å². The average molecular weight is 317 g/mol. The van der Waals surface area contributed by atoms with E-state index in [1.54, 1.807) is 0 Å². The molecule has 0 heterocycles. The molecule has 124 valence electrons. The largest absolute Gasteiger partial charge is 0.192 e. The minimum Gasteiger partial charge on any atom is -0.192 e. The van der Waals surface area contributed by atoms with Crippen molar-refractivity contribution in [1.82, 2.24) is 0 Å². The van der Waals surface area contributed by atoms with Gasteiger partial charge in [-0.15, -0.1) is 0 Å². The van der Waals surface area contributed by atoms with Gasteiger partial charge in [0.2, 0.25) is 0 Å². The van der Waals surface area contributed by atoms with E-state index in [-0.39, 0.29) is 10.8 Å². The average Bonchev–Trinajstić information content (AvgIpc) is 2.51. The summed E-state index contributed by atoms with van der Waals surface area (Å²) < 4.78 is 0. The smallest absolute Gasteiger partial charge is 0.0991 e. The van der Waals surface area contributed by atoms with Gasteiger partial charge in [-0.3, -0.25) is 0 Å². The molecular weight excluding hydrogens is 290 g/mol. The molecule has 0 N–H and O–H groups in total. The van der Waals surface area contributed by atoms with Crippen molar-refractivity contribution >= 4 is 12.2 Å². The Labute approximate surface area is 146 Å². The molecule has 0 aromatic heterocycles. The zero-order valence-corrected chi connectivity index (χ0v) is 15.6. The fourth-order valence-corrected chi connectivity index (χ4v) is 2.48. The fraction of sp³-hybridized carbons (Fsp3) is 0.348. The van der Waals surface area contributed by atoms with Crippen LogP contribution in [0.5, 0.6) is 0 Å². The van der Waals surface area contributed by atoms with Crippen LogP contribution >= 0.6 is 0 Å². The highest BCUT2D eigenvalue weighted by Gasteiger charge is 2.19. The van der Waals surface area contributed by atoms with Crippen LogP contribution in [0, 0.1) is 11.3 Å². The maximum atomic E-state index is 8.88. The predicted octanol–water partition coefficient (Wildman–Crippen LogP) is 6.32. The quantitative estimate of drug-likeness (QED) is 0.594. The molecule has 1 nitrogen and oxygen atoms in total. The van der Waals surface area contributed by atoms with Gasteiger partial charge < -0.3 is 0 Å². The Kier molecular flexibility index (Phi) is 4.99. The number of hydrogen-bond donors (Lipinski definition) is 0. The lowest BCUT2D eigenvalue weighted by Crippen LogP contribution is -2.16. The van der Waals surface area contributed by atoms with Crippen molar-refractivity contribution in [1.29, 1.82) is 5.26 Å². The van der Waals surface area contributed by atoms with Crippen LogP contribution in [0.15, 0.2) is 42.5 Å². The third-order valence-electron chi connectivity index (χ3n) is 4.20. The standard InChI is InChI=1S/C23H27N/c1-22(2,3)20-13-19(14-21(15-20)23(4,5)6)12-9-17-7-10-18(16-24)11-8-17/h7-15H,1-6H3/b12-9+. The summed E-state index contributed by atoms with van der Waals surface area (Å²) in [5.41, 5.74) is 5.97. The monoisotopic (exact) mass is 317 g/mol. The highest BCUT2D eigenvalue weighted by atomic mass is 14.2. The summed E-state index contributed by atoms with van der Waals surface area (Å²) in [5, 5.41) is 8.88. The van der Waals surface area contributed by atoms with E-state index in [1.165, 1.54) is 16.7 Å². The third-order valence-corrected chi connectivity index (χ3v) is 4.20. The second-order valence-corrected chi connectivity index (χ2v) is 8.41. The topological polar surface area (TPSA) is 23.8 Å². The van der Waals surface area contributed by atoms with Gasteiger partial charge in [0.15, 0.2) is 0 Å². The van der Waals surface area contributed by atoms with Crippen molar-refractivity contribution in [3.8, 4) is 6.07 Å². The molecule has 2 aromatic carbocycles. The zero-order chi connectivity index (χ0) is 18.0. The molecule has 0 radical (unpaired) electrons. The molecule has 0 amide bonds. The third kappa shape index (κ3) is 4.59. The van der Waals surface area contributed by atoms with E-state index in [4.69, 9.17) is 5.26 Å². The SMILES string of the molecule is CC(C)(C)c1cc(/C=C/c2ccc(C#N)cc2)cc(C(C)(C)C)c1. The lowest BCUT2D eigenvalue weighted by atomic mass is 9.79. The van der Waals surface area contributed by atoms with Gasteiger partial charge >= 0.3 is 0 Å². The van der Waals surface area contributed by atoms with Gasteiger partial charge in [-0.25, -0.2) is 0 Å². The van der Waals surface area contributed by atoms with E-state index < -0.39 is 0 Å². The molecule has 24 heavy (non-hydrogen) atoms. The first kappa shape index (κ1) is 18.0. The van der Waals surface area contributed by atoms with Crippen LogP contribution in [0.2, 0.25) is 0 Å². The van der Waals surface area contributed by atoms with Crippen LogP contribution in [-0.2, 0) is 10.8 Å². The van der Waals surface area contributed by atoms with Gasteiger partial charge in [0.05, 0.1) is 11.6 Å². The molecule has 0 aliphatic heterocycles. The normalized spacial score (nSPS) is 12.4. The predicted molar refractivity (Wildman–Crippen MR) is 104 cm³/mol. The van der Waals surface area contributed by atoms with Crippen LogP contribution in [0.1, 0.15) is 69.4 Å². The van der Waals surface area contributed by atoms with E-state index in [1.807, 2.05) is 24.3 Å². The molecule has 0 aliphatic carbocycles. The van der Waals surface area contributed by atoms with Crippen molar-refractivity contribution in [3.05, 3.63) is 70.3 Å². The first-order valence-electron chi connectivity index (χ1n) is 8.44. The first-order chi connectivity index (χ1) is 11.1. The Morgan fingerprint density at radius 2 is 1.17 bits per heavy atom. The van der Waals surface area contributed by atoms with Gasteiger partial charge in [0, 0.05) is 0 Å². The van der Waals surface area contributed by atoms with Crippen LogP contribution in [-0.4, -0.2) is 0 Å². The maximum Gasteiger partial charge on any atom is 0.0991 e. The summed E-state index contributed by atoms with van der Waals surface area (Å²) in [4.78, 5) is 0. The summed E-state index contributed by atoms with van der Waals surface area (Å²) in [6, 6.07) is 16.7. The molecule has 1 heteroatoms. The van der Waals surface area contributed by atoms with Crippen LogP contribution in [0.3, 0.4) is 0 Å². The second kappa shape index (κ2) is 6.65. The van der Waals surface area contributed by atoms with Crippen molar-refractivity contribution in [2.45, 2.75) is 52.4 Å². The summed E-state index contributed by atoms with van der Waals surface area (Å²) in [7, 11) is 0. The number of nitrogens with zero attached hydrogens (tertiary/aromatic N) is 1. The van der Waals surface area contributed by atoms with Crippen molar-refractivity contribution in [3.63, 3.8) is 0 Å². The number of benzene rings is 2. The van der Waals surface area contributed by atoms with Crippen molar-refractivity contribution < 1.29 is 0 Å². The number of nitriles is 1. The molecule has 0 atom stereocenters. The number of rotatable bonds is 2. The molecule has 0 fully saturated rings. The van der Waals surface area contributed by atoms with E-state index in [2.05, 4.69) is 78.0 Å². The van der Waals surface area contributed by atoms with Crippen molar-refractivity contribution in [2.75, 3.05) is 0 Å². The lowest BCUT2D eigenvalue weighted by Gasteiger charge is -2.25. The molecule has 0 saturated carbocycles. The molecule has 0 bridgehead atoms. The summed E-state index contributed by atoms with van der Waals surface area (Å²) in [5.74, 6) is 0. The molecule has 0 unspecified atom stereocenters. The van der Waals surface area contributed by atoms with E-state index in [0.717, 1.165) is 5.56 Å². The van der Waals surface area contributed by atoms with Gasteiger partial charge in [0.1, 0.15) is 0 Å². The first-order valence-corrected chi connectivity index (χ1v) is 8.44. The lowest BCUT2D eigenvalue weighted by molar-refractivity contribution is 0.568. The molecular formula is C23H27N. The Morgan fingerprint density at radius 3 is 1.58 bits per heavy atom. The fourth-order valence-electron chi connectivity index (χ4n) is 2.48. The zero-order valence-electron chi connectivity index (χ0n) is 15.6. The van der Waals surface area contributed by atoms with E-state index >= 15 is 0 Å². The molecule has 2 aromatic rings. The van der Waals surface area contributed by atoms with Crippen molar-refractivity contribution in [2.24, 2.45) is 0 Å². The highest BCUT2D eigenvalue weighted by molar-refractivity contribution is 5.70. The molecule has 2 rings (SSSR count). The van der Waals surface area contributed by atoms with Gasteiger partial charge in [-0.05, 0) is 45.2 Å². The Bertz CT molecular complexity index is 741. The van der Waals surface area contributed by atoms with Crippen LogP contribution in [0.4, 0.5) is 0 Å². The van der Waals surface area contributed by atoms with Gasteiger partial charge in [-0.1, -0.05) is 84.0 Å². The maximum absolute atomic E-state index is 8.88. The Balaban J connectivity index is 2.41. The molecule has 0 saturated heterocycles. The van der Waals surface area contributed by atoms with Gasteiger partial charge in [-0.2, -0.15) is 5.26 Å². The molecule has 0 spiro atoms. The second-order valence-electron chi connectivity index (χ2n) is 8.41. The number of hydrogen-bond acceptors (Lipinski definition) is 1. The van der Waals surface area contributed by atoms with E-state index in [9.17, 15) is 0 Å². The Morgan fingerprint density at radius 1 is 0.708 bits per heavy atom. The highest BCUT2D eigenvalue weighted by Crippen LogP contribution is 2.30. The summed E-state index contributed by atoms with van der Waals surface area (Å²) >= 11 is 0. The minimum absolute atomic E-state index is 0.123. The van der Waals surface area contributed by atoms with E-state index in [0.29, 0.717) is 5.56 Å². The molecule has 0 aliphatic rings. The minimum atomic E-state index is 0.123. The summed E-state index contributed by atoms with van der Waals surface area (Å²) in [6.45, 7) is 13.5. The Hall–Kier alpha value is -2.33. The van der Waals surface area contributed by atoms with Crippen LogP contribution < -0.4 is 0 Å². The summed E-state index contributed by atoms with van der Waals surface area (Å²) in [6.07, 6.45) is 4.27.